The minimum Gasteiger partial charge on any atom is -0.477 e. The Morgan fingerprint density at radius 1 is 1.12 bits per heavy atom. The lowest BCUT2D eigenvalue weighted by Crippen LogP contribution is -2.62. The molecule has 0 spiro atoms. The Morgan fingerprint density at radius 3 is 2.54 bits per heavy atom. The van der Waals surface area contributed by atoms with E-state index in [1.807, 2.05) is 25.7 Å². The fourth-order valence-corrected chi connectivity index (χ4v) is 7.29. The number of halogens is 4. The van der Waals surface area contributed by atoms with Crippen molar-refractivity contribution < 1.29 is 41.7 Å². The van der Waals surface area contributed by atoms with Gasteiger partial charge in [-0.05, 0) is 71.1 Å². The topological polar surface area (TPSA) is 136 Å². The molecule has 3 atom stereocenters. The molecule has 4 aliphatic rings. The standard InChI is InChI=1S/C33H38F4N6O5/c1-16-11-17(38)12-19(23(16)33(35,36)37)25-24(34)26-22-27(41-29(40-26)47-15-32(14-44)8-9-32)42-13-18-5-6-21(20(42)7-10-46-28(22)39-25)43(18)30(45)48-31(2,3)4/h11-12,18,20-21,44H,5-10,13-15,38H2,1-4H3/t18-,20-,21+/m1/s1. The maximum atomic E-state index is 16.8. The number of nitrogens with two attached hydrogens (primary N) is 1. The summed E-state index contributed by atoms with van der Waals surface area (Å²) in [6.07, 6.45) is -1.96. The normalized spacial score (nSPS) is 22.9. The summed E-state index contributed by atoms with van der Waals surface area (Å²) in [5.41, 5.74) is 2.09. The first-order chi connectivity index (χ1) is 22.6. The molecule has 1 saturated carbocycles. The third-order valence-electron chi connectivity index (χ3n) is 9.74. The van der Waals surface area contributed by atoms with Crippen molar-refractivity contribution in [3.05, 3.63) is 29.1 Å². The van der Waals surface area contributed by atoms with E-state index in [4.69, 9.17) is 24.9 Å². The van der Waals surface area contributed by atoms with E-state index in [2.05, 4.69) is 9.97 Å². The average molecular weight is 675 g/mol. The van der Waals surface area contributed by atoms with Gasteiger partial charge in [0.1, 0.15) is 28.0 Å². The second-order valence-corrected chi connectivity index (χ2v) is 14.4. The van der Waals surface area contributed by atoms with Gasteiger partial charge in [0.05, 0.1) is 43.5 Å². The molecule has 1 aromatic carbocycles. The van der Waals surface area contributed by atoms with Gasteiger partial charge in [0, 0.05) is 29.6 Å². The minimum atomic E-state index is -4.84. The molecule has 3 N–H and O–H groups in total. The van der Waals surface area contributed by atoms with Gasteiger partial charge >= 0.3 is 18.3 Å². The summed E-state index contributed by atoms with van der Waals surface area (Å²) in [6.45, 7) is 7.06. The first kappa shape index (κ1) is 32.4. The highest BCUT2D eigenvalue weighted by Crippen LogP contribution is 2.48. The molecule has 3 fully saturated rings. The number of pyridine rings is 1. The predicted octanol–water partition coefficient (Wildman–Crippen LogP) is 5.63. The number of anilines is 2. The zero-order chi connectivity index (χ0) is 34.3. The number of aliphatic hydroxyl groups excluding tert-OH is 1. The summed E-state index contributed by atoms with van der Waals surface area (Å²) in [6, 6.07) is 1.23. The van der Waals surface area contributed by atoms with Crippen molar-refractivity contribution in [1.29, 1.82) is 0 Å². The summed E-state index contributed by atoms with van der Waals surface area (Å²) < 4.78 is 77.8. The number of hydrogen-bond acceptors (Lipinski definition) is 10. The van der Waals surface area contributed by atoms with Gasteiger partial charge in [0.25, 0.3) is 0 Å². The van der Waals surface area contributed by atoms with Gasteiger partial charge in [-0.3, -0.25) is 4.90 Å². The molecule has 0 radical (unpaired) electrons. The van der Waals surface area contributed by atoms with Crippen LogP contribution < -0.4 is 20.1 Å². The number of carbonyl (C=O) groups excluding carboxylic acids is 1. The predicted molar refractivity (Wildman–Crippen MR) is 167 cm³/mol. The van der Waals surface area contributed by atoms with Crippen LogP contribution in [-0.4, -0.2) is 81.1 Å². The van der Waals surface area contributed by atoms with E-state index in [0.29, 0.717) is 25.8 Å². The smallest absolute Gasteiger partial charge is 0.417 e. The molecule has 3 aliphatic heterocycles. The average Bonchev–Trinajstić information content (AvgIpc) is 3.69. The summed E-state index contributed by atoms with van der Waals surface area (Å²) in [5.74, 6) is -0.982. The van der Waals surface area contributed by atoms with Gasteiger partial charge in [-0.15, -0.1) is 0 Å². The van der Waals surface area contributed by atoms with Crippen molar-refractivity contribution in [1.82, 2.24) is 19.9 Å². The quantitative estimate of drug-likeness (QED) is 0.259. The number of aromatic nitrogens is 3. The molecule has 2 aromatic heterocycles. The number of hydrogen-bond donors (Lipinski definition) is 2. The summed E-state index contributed by atoms with van der Waals surface area (Å²) in [4.78, 5) is 30.6. The Kier molecular flexibility index (Phi) is 7.57. The SMILES string of the molecule is Cc1cc(N)cc(-c2nc3c4c(nc(OCC5(CO)CC5)nc4c2F)N2C[C@H]4CC[C@@H]([C@H]2CCO3)N4C(=O)OC(C)(C)C)c1C(F)(F)F. The molecule has 1 aliphatic carbocycles. The van der Waals surface area contributed by atoms with E-state index in [-0.39, 0.29) is 77.8 Å². The van der Waals surface area contributed by atoms with Crippen molar-refractivity contribution in [2.24, 2.45) is 5.41 Å². The molecule has 11 nitrogen and oxygen atoms in total. The second kappa shape index (κ2) is 11.2. The number of benzene rings is 1. The molecule has 0 unspecified atom stereocenters. The molecule has 5 heterocycles. The van der Waals surface area contributed by atoms with Gasteiger partial charge < -0.3 is 30.0 Å². The van der Waals surface area contributed by atoms with Crippen LogP contribution in [0.25, 0.3) is 22.2 Å². The third-order valence-corrected chi connectivity index (χ3v) is 9.74. The molecule has 2 saturated heterocycles. The summed E-state index contributed by atoms with van der Waals surface area (Å²) >= 11 is 0. The van der Waals surface area contributed by atoms with Crippen LogP contribution in [0.3, 0.4) is 0 Å². The number of nitrogens with zero attached hydrogens (tertiary/aromatic N) is 5. The molecule has 48 heavy (non-hydrogen) atoms. The van der Waals surface area contributed by atoms with E-state index < -0.39 is 45.9 Å². The van der Waals surface area contributed by atoms with Gasteiger partial charge in [0.15, 0.2) is 5.82 Å². The Labute approximate surface area is 274 Å². The fourth-order valence-electron chi connectivity index (χ4n) is 7.29. The highest BCUT2D eigenvalue weighted by Gasteiger charge is 2.51. The molecule has 258 valence electrons. The van der Waals surface area contributed by atoms with Crippen molar-refractivity contribution in [3.8, 4) is 23.1 Å². The van der Waals surface area contributed by atoms with Crippen LogP contribution in [0.4, 0.5) is 33.9 Å². The van der Waals surface area contributed by atoms with Crippen molar-refractivity contribution in [2.75, 3.05) is 37.0 Å². The Hall–Kier alpha value is -4.14. The molecular weight excluding hydrogens is 636 g/mol. The largest absolute Gasteiger partial charge is 0.477 e. The molecular formula is C33H38F4N6O5. The Balaban J connectivity index is 1.40. The number of amides is 1. The molecule has 15 heteroatoms. The van der Waals surface area contributed by atoms with E-state index in [9.17, 15) is 23.1 Å². The van der Waals surface area contributed by atoms with Gasteiger partial charge in [-0.1, -0.05) is 0 Å². The monoisotopic (exact) mass is 674 g/mol. The summed E-state index contributed by atoms with van der Waals surface area (Å²) in [7, 11) is 0. The first-order valence-electron chi connectivity index (χ1n) is 16.1. The van der Waals surface area contributed by atoms with Crippen LogP contribution in [0, 0.1) is 18.2 Å². The van der Waals surface area contributed by atoms with Crippen LogP contribution >= 0.6 is 0 Å². The number of alkyl halides is 3. The van der Waals surface area contributed by atoms with Crippen molar-refractivity contribution >= 4 is 28.5 Å². The van der Waals surface area contributed by atoms with E-state index in [1.54, 1.807) is 4.90 Å². The lowest BCUT2D eigenvalue weighted by molar-refractivity contribution is -0.137. The zero-order valence-corrected chi connectivity index (χ0v) is 27.2. The number of nitrogen functional groups attached to an aromatic ring is 1. The van der Waals surface area contributed by atoms with Gasteiger partial charge in [-0.25, -0.2) is 14.2 Å². The Morgan fingerprint density at radius 2 is 1.88 bits per heavy atom. The summed E-state index contributed by atoms with van der Waals surface area (Å²) in [5, 5.41) is 9.96. The maximum absolute atomic E-state index is 16.8. The highest BCUT2D eigenvalue weighted by atomic mass is 19.4. The number of piperazine rings is 1. The van der Waals surface area contributed by atoms with Crippen LogP contribution in [-0.2, 0) is 10.9 Å². The minimum absolute atomic E-state index is 0.00712. The van der Waals surface area contributed by atoms with E-state index >= 15 is 4.39 Å². The van der Waals surface area contributed by atoms with Crippen LogP contribution in [0.5, 0.6) is 11.9 Å². The molecule has 1 amide bonds. The number of aliphatic hydroxyl groups is 1. The van der Waals surface area contributed by atoms with Crippen LogP contribution in [0.2, 0.25) is 0 Å². The maximum Gasteiger partial charge on any atom is 0.417 e. The second-order valence-electron chi connectivity index (χ2n) is 14.4. The number of ether oxygens (including phenoxy) is 3. The van der Waals surface area contributed by atoms with Crippen LogP contribution in [0.1, 0.15) is 64.0 Å². The fraction of sp³-hybridized carbons (Fsp3) is 0.576. The highest BCUT2D eigenvalue weighted by molar-refractivity contribution is 5.97. The Bertz CT molecular complexity index is 1790. The molecule has 7 rings (SSSR count). The number of rotatable bonds is 5. The van der Waals surface area contributed by atoms with E-state index in [1.165, 1.54) is 13.0 Å². The lowest BCUT2D eigenvalue weighted by atomic mass is 9.96. The number of fused-ring (bicyclic) bond motifs is 5. The lowest BCUT2D eigenvalue weighted by Gasteiger charge is -2.48. The molecule has 2 bridgehead atoms. The molecule has 3 aromatic rings. The first-order valence-corrected chi connectivity index (χ1v) is 16.1. The van der Waals surface area contributed by atoms with Crippen molar-refractivity contribution in [3.63, 3.8) is 0 Å². The van der Waals surface area contributed by atoms with Crippen LogP contribution in [0.15, 0.2) is 12.1 Å². The van der Waals surface area contributed by atoms with Crippen molar-refractivity contribution in [2.45, 2.75) is 89.7 Å². The zero-order valence-electron chi connectivity index (χ0n) is 27.2. The number of aryl methyl sites for hydroxylation is 1. The van der Waals surface area contributed by atoms with Gasteiger partial charge in [-0.2, -0.15) is 23.1 Å². The van der Waals surface area contributed by atoms with E-state index in [0.717, 1.165) is 18.9 Å². The third kappa shape index (κ3) is 5.59. The number of carbonyl (C=O) groups is 1. The van der Waals surface area contributed by atoms with Gasteiger partial charge in [0.2, 0.25) is 5.88 Å².